The lowest BCUT2D eigenvalue weighted by Gasteiger charge is -2.34. The number of rotatable bonds is 2. The number of anilines is 2. The van der Waals surface area contributed by atoms with Gasteiger partial charge < -0.3 is 10.6 Å². The quantitative estimate of drug-likeness (QED) is 0.844. The summed E-state index contributed by atoms with van der Waals surface area (Å²) in [4.78, 5) is 2.29. The Morgan fingerprint density at radius 1 is 1.24 bits per heavy atom. The maximum Gasteiger partial charge on any atom is 0.175 e. The molecule has 0 amide bonds. The molecule has 0 radical (unpaired) electrons. The maximum atomic E-state index is 11.8. The van der Waals surface area contributed by atoms with Gasteiger partial charge in [0.15, 0.2) is 9.84 Å². The lowest BCUT2D eigenvalue weighted by atomic mass is 9.93. The lowest BCUT2D eigenvalue weighted by Crippen LogP contribution is -2.35. The van der Waals surface area contributed by atoms with E-state index < -0.39 is 9.84 Å². The first-order valence-electron chi connectivity index (χ1n) is 7.13. The number of piperidine rings is 1. The summed E-state index contributed by atoms with van der Waals surface area (Å²) >= 11 is 0. The summed E-state index contributed by atoms with van der Waals surface area (Å²) in [5.41, 5.74) is 7.70. The zero-order chi connectivity index (χ0) is 15.3. The second-order valence-electron chi connectivity index (χ2n) is 6.28. The summed E-state index contributed by atoms with van der Waals surface area (Å²) in [7, 11) is -3.34. The standard InChI is InChI=1S/C15H19N3O2S/c1-21(19,20)11-8-13(17)12(10-16)14(9-11)18-6-4-15(2-3-15)5-7-18/h8-9H,2-7,17H2,1H3. The van der Waals surface area contributed by atoms with E-state index >= 15 is 0 Å². The van der Waals surface area contributed by atoms with Gasteiger partial charge in [-0.1, -0.05) is 0 Å². The summed E-state index contributed by atoms with van der Waals surface area (Å²) in [6.07, 6.45) is 5.99. The van der Waals surface area contributed by atoms with Gasteiger partial charge >= 0.3 is 0 Å². The third-order valence-electron chi connectivity index (χ3n) is 4.78. The van der Waals surface area contributed by atoms with Gasteiger partial charge in [0, 0.05) is 19.3 Å². The van der Waals surface area contributed by atoms with Crippen molar-refractivity contribution in [3.63, 3.8) is 0 Å². The topological polar surface area (TPSA) is 87.2 Å². The smallest absolute Gasteiger partial charge is 0.175 e. The molecular formula is C15H19N3O2S. The summed E-state index contributed by atoms with van der Waals surface area (Å²) in [6, 6.07) is 5.09. The van der Waals surface area contributed by atoms with Crippen LogP contribution in [0.1, 0.15) is 31.2 Å². The average Bonchev–Trinajstić information content (AvgIpc) is 3.17. The van der Waals surface area contributed by atoms with Crippen molar-refractivity contribution in [1.82, 2.24) is 0 Å². The van der Waals surface area contributed by atoms with E-state index in [0.717, 1.165) is 32.2 Å². The molecule has 1 heterocycles. The van der Waals surface area contributed by atoms with E-state index in [0.29, 0.717) is 16.7 Å². The second-order valence-corrected chi connectivity index (χ2v) is 8.29. The predicted octanol–water partition coefficient (Wildman–Crippen LogP) is 1.92. The Balaban J connectivity index is 2.00. The fraction of sp³-hybridized carbons (Fsp3) is 0.533. The predicted molar refractivity (Wildman–Crippen MR) is 81.8 cm³/mol. The molecule has 5 nitrogen and oxygen atoms in total. The van der Waals surface area contributed by atoms with Crippen LogP contribution in [0.3, 0.4) is 0 Å². The van der Waals surface area contributed by atoms with Crippen molar-refractivity contribution in [1.29, 1.82) is 5.26 Å². The Labute approximate surface area is 125 Å². The summed E-state index contributed by atoms with van der Waals surface area (Å²) < 4.78 is 23.6. The monoisotopic (exact) mass is 305 g/mol. The van der Waals surface area contributed by atoms with E-state index in [1.807, 2.05) is 0 Å². The number of benzene rings is 1. The molecule has 1 aliphatic carbocycles. The van der Waals surface area contributed by atoms with E-state index in [2.05, 4.69) is 11.0 Å². The molecule has 21 heavy (non-hydrogen) atoms. The molecule has 1 aromatic rings. The highest BCUT2D eigenvalue weighted by molar-refractivity contribution is 7.90. The van der Waals surface area contributed by atoms with Crippen molar-refractivity contribution < 1.29 is 8.42 Å². The summed E-state index contributed by atoms with van der Waals surface area (Å²) in [5, 5.41) is 9.33. The molecule has 6 heteroatoms. The molecule has 2 aliphatic rings. The molecule has 1 aliphatic heterocycles. The van der Waals surface area contributed by atoms with Crippen LogP contribution in [0.25, 0.3) is 0 Å². The first-order valence-corrected chi connectivity index (χ1v) is 9.02. The highest BCUT2D eigenvalue weighted by Gasteiger charge is 2.44. The molecule has 2 fully saturated rings. The average molecular weight is 305 g/mol. The number of nitrogen functional groups attached to an aromatic ring is 1. The van der Waals surface area contributed by atoms with Crippen LogP contribution in [0.2, 0.25) is 0 Å². The van der Waals surface area contributed by atoms with Crippen LogP contribution < -0.4 is 10.6 Å². The molecule has 3 rings (SSSR count). The molecule has 0 bridgehead atoms. The molecule has 1 saturated carbocycles. The minimum Gasteiger partial charge on any atom is -0.398 e. The van der Waals surface area contributed by atoms with Crippen molar-refractivity contribution in [2.75, 3.05) is 30.0 Å². The minimum absolute atomic E-state index is 0.181. The van der Waals surface area contributed by atoms with Gasteiger partial charge in [0.05, 0.1) is 21.8 Å². The normalized spacial score (nSPS) is 20.3. The SMILES string of the molecule is CS(=O)(=O)c1cc(N)c(C#N)c(N2CCC3(CC2)CC3)c1. The van der Waals surface area contributed by atoms with Crippen molar-refractivity contribution in [2.45, 2.75) is 30.6 Å². The van der Waals surface area contributed by atoms with Crippen LogP contribution >= 0.6 is 0 Å². The van der Waals surface area contributed by atoms with Crippen LogP contribution in [0.5, 0.6) is 0 Å². The molecule has 2 N–H and O–H groups in total. The first-order chi connectivity index (χ1) is 9.85. The zero-order valence-corrected chi connectivity index (χ0v) is 12.9. The van der Waals surface area contributed by atoms with E-state index in [1.54, 1.807) is 6.07 Å². The van der Waals surface area contributed by atoms with E-state index in [9.17, 15) is 13.7 Å². The van der Waals surface area contributed by atoms with Gasteiger partial charge in [0.2, 0.25) is 0 Å². The fourth-order valence-electron chi connectivity index (χ4n) is 3.11. The number of nitrogens with two attached hydrogens (primary N) is 1. The molecule has 1 saturated heterocycles. The van der Waals surface area contributed by atoms with Crippen molar-refractivity contribution in [3.8, 4) is 6.07 Å². The third kappa shape index (κ3) is 2.58. The largest absolute Gasteiger partial charge is 0.398 e. The number of hydrogen-bond donors (Lipinski definition) is 1. The minimum atomic E-state index is -3.34. The third-order valence-corrected chi connectivity index (χ3v) is 5.88. The number of nitriles is 1. The van der Waals surface area contributed by atoms with E-state index in [1.165, 1.54) is 18.9 Å². The Hall–Kier alpha value is -1.74. The van der Waals surface area contributed by atoms with Crippen molar-refractivity contribution in [3.05, 3.63) is 17.7 Å². The second kappa shape index (κ2) is 4.63. The van der Waals surface area contributed by atoms with Crippen LogP contribution in [0, 0.1) is 16.7 Å². The number of nitrogens with zero attached hydrogens (tertiary/aromatic N) is 2. The Kier molecular flexibility index (Phi) is 3.14. The molecular weight excluding hydrogens is 286 g/mol. The van der Waals surface area contributed by atoms with Crippen molar-refractivity contribution in [2.24, 2.45) is 5.41 Å². The lowest BCUT2D eigenvalue weighted by molar-refractivity contribution is 0.384. The first kappa shape index (κ1) is 14.2. The molecule has 1 spiro atoms. The molecule has 112 valence electrons. The summed E-state index contributed by atoms with van der Waals surface area (Å²) in [5.74, 6) is 0. The van der Waals surface area contributed by atoms with Gasteiger partial charge in [0.1, 0.15) is 6.07 Å². The number of sulfone groups is 1. The molecule has 0 aromatic heterocycles. The highest BCUT2D eigenvalue weighted by atomic mass is 32.2. The van der Waals surface area contributed by atoms with Crippen LogP contribution in [0.4, 0.5) is 11.4 Å². The maximum absolute atomic E-state index is 11.8. The summed E-state index contributed by atoms with van der Waals surface area (Å²) in [6.45, 7) is 1.72. The van der Waals surface area contributed by atoms with Crippen molar-refractivity contribution >= 4 is 21.2 Å². The van der Waals surface area contributed by atoms with Crippen LogP contribution in [0.15, 0.2) is 17.0 Å². The van der Waals surface area contributed by atoms with Crippen LogP contribution in [-0.4, -0.2) is 27.8 Å². The Morgan fingerprint density at radius 3 is 2.33 bits per heavy atom. The molecule has 0 atom stereocenters. The van der Waals surface area contributed by atoms with Gasteiger partial charge in [-0.2, -0.15) is 5.26 Å². The van der Waals surface area contributed by atoms with Gasteiger partial charge in [-0.3, -0.25) is 0 Å². The number of hydrogen-bond acceptors (Lipinski definition) is 5. The van der Waals surface area contributed by atoms with Gasteiger partial charge in [-0.25, -0.2) is 8.42 Å². The highest BCUT2D eigenvalue weighted by Crippen LogP contribution is 2.54. The fourth-order valence-corrected chi connectivity index (χ4v) is 3.77. The van der Waals surface area contributed by atoms with Gasteiger partial charge in [-0.15, -0.1) is 0 Å². The van der Waals surface area contributed by atoms with Crippen LogP contribution in [-0.2, 0) is 9.84 Å². The van der Waals surface area contributed by atoms with E-state index in [4.69, 9.17) is 5.73 Å². The Bertz CT molecular complexity index is 720. The van der Waals surface area contributed by atoms with Gasteiger partial charge in [-0.05, 0) is 43.2 Å². The van der Waals surface area contributed by atoms with Gasteiger partial charge in [0.25, 0.3) is 0 Å². The molecule has 0 unspecified atom stereocenters. The van der Waals surface area contributed by atoms with E-state index in [-0.39, 0.29) is 10.6 Å². The Morgan fingerprint density at radius 2 is 1.86 bits per heavy atom. The molecule has 1 aromatic carbocycles. The zero-order valence-electron chi connectivity index (χ0n) is 12.1.